The molecule has 1 aliphatic heterocycles. The highest BCUT2D eigenvalue weighted by Gasteiger charge is 2.37. The van der Waals surface area contributed by atoms with E-state index >= 15 is 0 Å². The van der Waals surface area contributed by atoms with Gasteiger partial charge in [0.05, 0.1) is 11.5 Å². The largest absolute Gasteiger partial charge is 0.547 e. The molecule has 9 nitrogen and oxygen atoms in total. The summed E-state index contributed by atoms with van der Waals surface area (Å²) < 4.78 is 5.20. The predicted molar refractivity (Wildman–Crippen MR) is 71.6 cm³/mol. The van der Waals surface area contributed by atoms with Crippen LogP contribution < -0.4 is 9.97 Å². The maximum atomic E-state index is 11.5. The molecule has 1 atom stereocenters. The van der Waals surface area contributed by atoms with Crippen molar-refractivity contribution in [3.63, 3.8) is 0 Å². The maximum absolute atomic E-state index is 11.5. The number of hydrogen-bond acceptors (Lipinski definition) is 5. The van der Waals surface area contributed by atoms with E-state index in [0.717, 1.165) is 0 Å². The minimum atomic E-state index is -1.38. The van der Waals surface area contributed by atoms with E-state index in [9.17, 15) is 14.6 Å². The highest BCUT2D eigenvalue weighted by atomic mass is 16.5. The number of nitrogens with zero attached hydrogens (tertiary/aromatic N) is 3. The van der Waals surface area contributed by atoms with Gasteiger partial charge in [-0.25, -0.2) is 4.79 Å². The van der Waals surface area contributed by atoms with E-state index in [1.54, 1.807) is 12.1 Å². The molecule has 3 N–H and O–H groups in total. The number of para-hydroxylation sites is 1. The fraction of sp³-hybridized carbons (Fsp3) is 0.273. The third-order valence-electron chi connectivity index (χ3n) is 2.97. The van der Waals surface area contributed by atoms with Crippen LogP contribution in [-0.2, 0) is 11.2 Å². The number of aromatic carboxylic acids is 1. The lowest BCUT2D eigenvalue weighted by atomic mass is 9.72. The Kier molecular flexibility index (Phi) is 4.31. The monoisotopic (exact) mass is 290 g/mol. The van der Waals surface area contributed by atoms with Gasteiger partial charge in [-0.2, -0.15) is 0 Å². The number of carboxylic acid groups (broad SMARTS) is 1. The van der Waals surface area contributed by atoms with E-state index in [2.05, 4.69) is 15.3 Å². The van der Waals surface area contributed by atoms with Crippen LogP contribution in [0.4, 0.5) is 0 Å². The summed E-state index contributed by atoms with van der Waals surface area (Å²) in [5.41, 5.74) is 8.65. The van der Waals surface area contributed by atoms with E-state index < -0.39 is 24.9 Å². The van der Waals surface area contributed by atoms with Gasteiger partial charge in [-0.3, -0.25) is 4.79 Å². The standard InChI is InChI=1S/C11H11BN4O5/c13-16-14-5-9(17)15-8-4-6-2-1-3-7(11(18)19)10(6)21-12(8)20/h1-3,8,20H,4-5H2,(H,15,17)(H,18,19)/t8-/m0/s1. The van der Waals surface area contributed by atoms with E-state index in [4.69, 9.17) is 15.3 Å². The van der Waals surface area contributed by atoms with E-state index in [0.29, 0.717) is 5.56 Å². The Balaban J connectivity index is 2.17. The number of amides is 1. The molecule has 0 bridgehead atoms. The molecule has 0 unspecified atom stereocenters. The van der Waals surface area contributed by atoms with Crippen molar-refractivity contribution in [1.29, 1.82) is 0 Å². The van der Waals surface area contributed by atoms with Gasteiger partial charge in [0.1, 0.15) is 12.3 Å². The first kappa shape index (κ1) is 14.7. The van der Waals surface area contributed by atoms with Crippen LogP contribution in [0.3, 0.4) is 0 Å². The molecule has 0 aliphatic carbocycles. The van der Waals surface area contributed by atoms with Crippen molar-refractivity contribution in [3.8, 4) is 5.75 Å². The summed E-state index contributed by atoms with van der Waals surface area (Å²) in [6, 6.07) is 4.58. The molecule has 1 aliphatic rings. The van der Waals surface area contributed by atoms with Crippen LogP contribution in [0.25, 0.3) is 10.4 Å². The van der Waals surface area contributed by atoms with Crippen molar-refractivity contribution in [1.82, 2.24) is 5.32 Å². The fourth-order valence-corrected chi connectivity index (χ4v) is 2.06. The number of azide groups is 1. The van der Waals surface area contributed by atoms with Crippen LogP contribution in [0.5, 0.6) is 5.75 Å². The van der Waals surface area contributed by atoms with Crippen molar-refractivity contribution < 1.29 is 24.4 Å². The SMILES string of the molecule is [N-]=[N+]=NCC(=O)N[C@H]1Cc2cccc(C(=O)O)c2OB1O. The number of hydrogen-bond donors (Lipinski definition) is 3. The van der Waals surface area contributed by atoms with Crippen LogP contribution in [-0.4, -0.2) is 41.6 Å². The molecule has 0 saturated heterocycles. The molecule has 0 radical (unpaired) electrons. The third kappa shape index (κ3) is 3.25. The zero-order valence-corrected chi connectivity index (χ0v) is 10.8. The molecule has 108 valence electrons. The second kappa shape index (κ2) is 6.16. The molecule has 10 heteroatoms. The molecule has 21 heavy (non-hydrogen) atoms. The van der Waals surface area contributed by atoms with Gasteiger partial charge in [0.15, 0.2) is 0 Å². The Morgan fingerprint density at radius 1 is 1.57 bits per heavy atom. The van der Waals surface area contributed by atoms with Crippen molar-refractivity contribution >= 4 is 19.0 Å². The van der Waals surface area contributed by atoms with Gasteiger partial charge in [0, 0.05) is 4.91 Å². The third-order valence-corrected chi connectivity index (χ3v) is 2.97. The van der Waals surface area contributed by atoms with Gasteiger partial charge in [-0.05, 0) is 23.6 Å². The summed E-state index contributed by atoms with van der Waals surface area (Å²) in [7, 11) is -1.38. The van der Waals surface area contributed by atoms with Crippen LogP contribution in [0, 0.1) is 0 Å². The maximum Gasteiger partial charge on any atom is 0.547 e. The summed E-state index contributed by atoms with van der Waals surface area (Å²) in [4.78, 5) is 25.0. The molecule has 1 aromatic carbocycles. The van der Waals surface area contributed by atoms with E-state index in [1.165, 1.54) is 6.07 Å². The summed E-state index contributed by atoms with van der Waals surface area (Å²) in [6.07, 6.45) is 0.208. The minimum absolute atomic E-state index is 0.0505. The average Bonchev–Trinajstić information content (AvgIpc) is 2.45. The van der Waals surface area contributed by atoms with Gasteiger partial charge < -0.3 is 20.1 Å². The van der Waals surface area contributed by atoms with Crippen molar-refractivity contribution in [3.05, 3.63) is 39.8 Å². The van der Waals surface area contributed by atoms with Gasteiger partial charge >= 0.3 is 13.1 Å². The zero-order valence-electron chi connectivity index (χ0n) is 10.8. The first-order valence-corrected chi connectivity index (χ1v) is 6.03. The summed E-state index contributed by atoms with van der Waals surface area (Å²) >= 11 is 0. The lowest BCUT2D eigenvalue weighted by Gasteiger charge is -2.28. The predicted octanol–water partition coefficient (Wildman–Crippen LogP) is 0.135. The molecule has 0 saturated carbocycles. The zero-order chi connectivity index (χ0) is 15.4. The molecule has 1 aromatic rings. The molecule has 0 spiro atoms. The number of carbonyl (C=O) groups excluding carboxylic acids is 1. The first-order valence-electron chi connectivity index (χ1n) is 6.03. The number of carboxylic acids is 1. The second-order valence-electron chi connectivity index (χ2n) is 4.37. The normalized spacial score (nSPS) is 16.2. The van der Waals surface area contributed by atoms with E-state index in [1.807, 2.05) is 0 Å². The van der Waals surface area contributed by atoms with Gasteiger partial charge in [-0.1, -0.05) is 17.2 Å². The summed E-state index contributed by atoms with van der Waals surface area (Å²) in [5, 5.41) is 24.5. The highest BCUT2D eigenvalue weighted by Crippen LogP contribution is 2.29. The highest BCUT2D eigenvalue weighted by molar-refractivity contribution is 6.47. The van der Waals surface area contributed by atoms with Crippen molar-refractivity contribution in [2.75, 3.05) is 6.54 Å². The number of carbonyl (C=O) groups is 2. The molecule has 0 fully saturated rings. The molecule has 0 aromatic heterocycles. The van der Waals surface area contributed by atoms with Crippen LogP contribution in [0.2, 0.25) is 0 Å². The van der Waals surface area contributed by atoms with Crippen molar-refractivity contribution in [2.45, 2.75) is 12.4 Å². The van der Waals surface area contributed by atoms with Crippen LogP contribution in [0.1, 0.15) is 15.9 Å². The Bertz CT molecular complexity index is 631. The van der Waals surface area contributed by atoms with Crippen LogP contribution in [0.15, 0.2) is 23.3 Å². The number of rotatable bonds is 4. The second-order valence-corrected chi connectivity index (χ2v) is 4.37. The topological polar surface area (TPSA) is 145 Å². The van der Waals surface area contributed by atoms with Crippen LogP contribution >= 0.6 is 0 Å². The summed E-state index contributed by atoms with van der Waals surface area (Å²) in [5.74, 6) is -2.37. The fourth-order valence-electron chi connectivity index (χ4n) is 2.06. The number of fused-ring (bicyclic) bond motifs is 1. The molecular weight excluding hydrogens is 279 g/mol. The molecule has 1 heterocycles. The summed E-state index contributed by atoms with van der Waals surface area (Å²) in [6.45, 7) is -0.387. The van der Waals surface area contributed by atoms with Gasteiger partial charge in [0.2, 0.25) is 5.91 Å². The Labute approximate surface area is 119 Å². The quantitative estimate of drug-likeness (QED) is 0.312. The molecular formula is C11H11BN4O5. The Morgan fingerprint density at radius 2 is 2.33 bits per heavy atom. The Hall–Kier alpha value is -2.71. The smallest absolute Gasteiger partial charge is 0.534 e. The first-order chi connectivity index (χ1) is 10.0. The number of nitrogens with one attached hydrogen (secondary N) is 1. The number of benzene rings is 1. The van der Waals surface area contributed by atoms with Gasteiger partial charge in [-0.15, -0.1) is 0 Å². The average molecular weight is 290 g/mol. The molecule has 1 amide bonds. The Morgan fingerprint density at radius 3 is 3.00 bits per heavy atom. The van der Waals surface area contributed by atoms with Crippen molar-refractivity contribution in [2.24, 2.45) is 5.11 Å². The minimum Gasteiger partial charge on any atom is -0.534 e. The van der Waals surface area contributed by atoms with Gasteiger partial charge in [0.25, 0.3) is 0 Å². The van der Waals surface area contributed by atoms with E-state index in [-0.39, 0.29) is 24.3 Å². The lowest BCUT2D eigenvalue weighted by Crippen LogP contribution is -2.53. The molecule has 2 rings (SSSR count). The lowest BCUT2D eigenvalue weighted by molar-refractivity contribution is -0.120.